The molecule has 0 amide bonds. The van der Waals surface area contributed by atoms with E-state index in [0.717, 1.165) is 0 Å². The maximum absolute atomic E-state index is 10.6. The van der Waals surface area contributed by atoms with Gasteiger partial charge in [0.2, 0.25) is 0 Å². The molecule has 1 rings (SSSR count). The topological polar surface area (TPSA) is 95.6 Å². The van der Waals surface area contributed by atoms with Crippen LogP contribution in [0.5, 0.6) is 5.75 Å². The lowest BCUT2D eigenvalue weighted by molar-refractivity contribution is -0.386. The number of likely N-dealkylation sites (N-methyl/N-ethyl adjacent to an activating group) is 1. The summed E-state index contributed by atoms with van der Waals surface area (Å²) >= 11 is 0. The predicted octanol–water partition coefficient (Wildman–Crippen LogP) is 0.553. The zero-order valence-corrected chi connectivity index (χ0v) is 8.17. The Morgan fingerprint density at radius 2 is 2.27 bits per heavy atom. The first-order chi connectivity index (χ1) is 7.06. The van der Waals surface area contributed by atoms with Crippen molar-refractivity contribution in [2.24, 2.45) is 0 Å². The standard InChI is InChI=1S/C9H12N2O4/c1-10-5-9(13)7-4-6(12)2-3-8(7)11(14)15/h2-4,9-10,12-13H,5H2,1H3. The minimum absolute atomic E-state index is 0.106. The van der Waals surface area contributed by atoms with Crippen molar-refractivity contribution < 1.29 is 15.1 Å². The molecule has 0 aliphatic carbocycles. The molecule has 0 saturated carbocycles. The predicted molar refractivity (Wildman–Crippen MR) is 53.6 cm³/mol. The lowest BCUT2D eigenvalue weighted by atomic mass is 10.1. The molecule has 0 aliphatic rings. The van der Waals surface area contributed by atoms with Crippen molar-refractivity contribution in [1.29, 1.82) is 0 Å². The molecular weight excluding hydrogens is 200 g/mol. The summed E-state index contributed by atoms with van der Waals surface area (Å²) in [4.78, 5) is 10.0. The highest BCUT2D eigenvalue weighted by Crippen LogP contribution is 2.28. The van der Waals surface area contributed by atoms with Gasteiger partial charge in [0.25, 0.3) is 5.69 Å². The molecular formula is C9H12N2O4. The van der Waals surface area contributed by atoms with Crippen molar-refractivity contribution in [2.45, 2.75) is 6.10 Å². The van der Waals surface area contributed by atoms with Gasteiger partial charge in [0.05, 0.1) is 16.6 Å². The van der Waals surface area contributed by atoms with Gasteiger partial charge in [-0.3, -0.25) is 10.1 Å². The molecule has 0 bridgehead atoms. The minimum Gasteiger partial charge on any atom is -0.508 e. The smallest absolute Gasteiger partial charge is 0.275 e. The van der Waals surface area contributed by atoms with Crippen molar-refractivity contribution >= 4 is 5.69 Å². The molecule has 0 spiro atoms. The van der Waals surface area contributed by atoms with Crippen molar-refractivity contribution in [1.82, 2.24) is 5.32 Å². The monoisotopic (exact) mass is 212 g/mol. The molecule has 6 heteroatoms. The molecule has 82 valence electrons. The summed E-state index contributed by atoms with van der Waals surface area (Å²) in [7, 11) is 1.62. The minimum atomic E-state index is -1.01. The second-order valence-corrected chi connectivity index (χ2v) is 3.07. The average molecular weight is 212 g/mol. The molecule has 0 heterocycles. The molecule has 0 radical (unpaired) electrons. The number of phenols is 1. The number of aliphatic hydroxyl groups is 1. The normalized spacial score (nSPS) is 12.4. The fourth-order valence-corrected chi connectivity index (χ4v) is 1.28. The molecule has 0 fully saturated rings. The van der Waals surface area contributed by atoms with Crippen LogP contribution in [0, 0.1) is 10.1 Å². The fraction of sp³-hybridized carbons (Fsp3) is 0.333. The van der Waals surface area contributed by atoms with E-state index in [2.05, 4.69) is 5.32 Å². The second-order valence-electron chi connectivity index (χ2n) is 3.07. The van der Waals surface area contributed by atoms with Gasteiger partial charge < -0.3 is 15.5 Å². The molecule has 0 aromatic heterocycles. The van der Waals surface area contributed by atoms with Gasteiger partial charge in [-0.2, -0.15) is 0 Å². The van der Waals surface area contributed by atoms with Gasteiger partial charge in [-0.15, -0.1) is 0 Å². The Hall–Kier alpha value is -1.66. The first kappa shape index (κ1) is 11.4. The van der Waals surface area contributed by atoms with Crippen LogP contribution in [0.2, 0.25) is 0 Å². The van der Waals surface area contributed by atoms with E-state index in [9.17, 15) is 20.3 Å². The van der Waals surface area contributed by atoms with Crippen molar-refractivity contribution in [3.63, 3.8) is 0 Å². The molecule has 6 nitrogen and oxygen atoms in total. The van der Waals surface area contributed by atoms with Crippen LogP contribution in [0.1, 0.15) is 11.7 Å². The van der Waals surface area contributed by atoms with E-state index in [-0.39, 0.29) is 23.5 Å². The van der Waals surface area contributed by atoms with Crippen LogP contribution in [0.15, 0.2) is 18.2 Å². The number of benzene rings is 1. The molecule has 1 unspecified atom stereocenters. The number of nitrogens with zero attached hydrogens (tertiary/aromatic N) is 1. The van der Waals surface area contributed by atoms with E-state index >= 15 is 0 Å². The molecule has 15 heavy (non-hydrogen) atoms. The Morgan fingerprint density at radius 3 is 2.80 bits per heavy atom. The second kappa shape index (κ2) is 4.72. The van der Waals surface area contributed by atoms with Crippen LogP contribution in [0.3, 0.4) is 0 Å². The van der Waals surface area contributed by atoms with Crippen LogP contribution in [0.25, 0.3) is 0 Å². The molecule has 1 atom stereocenters. The van der Waals surface area contributed by atoms with Gasteiger partial charge in [0, 0.05) is 12.6 Å². The molecule has 1 aromatic carbocycles. The van der Waals surface area contributed by atoms with Gasteiger partial charge in [0.15, 0.2) is 0 Å². The molecule has 3 N–H and O–H groups in total. The van der Waals surface area contributed by atoms with Gasteiger partial charge >= 0.3 is 0 Å². The average Bonchev–Trinajstić information content (AvgIpc) is 2.17. The number of phenolic OH excluding ortho intramolecular Hbond substituents is 1. The number of nitro groups is 1. The number of aliphatic hydroxyl groups excluding tert-OH is 1. The largest absolute Gasteiger partial charge is 0.508 e. The van der Waals surface area contributed by atoms with E-state index < -0.39 is 11.0 Å². The zero-order chi connectivity index (χ0) is 11.4. The van der Waals surface area contributed by atoms with Crippen LogP contribution in [-0.4, -0.2) is 28.7 Å². The zero-order valence-electron chi connectivity index (χ0n) is 8.17. The van der Waals surface area contributed by atoms with Gasteiger partial charge in [-0.1, -0.05) is 0 Å². The summed E-state index contributed by atoms with van der Waals surface area (Å²) < 4.78 is 0. The van der Waals surface area contributed by atoms with Crippen molar-refractivity contribution in [3.8, 4) is 5.75 Å². The lowest BCUT2D eigenvalue weighted by Crippen LogP contribution is -2.17. The Morgan fingerprint density at radius 1 is 1.60 bits per heavy atom. The molecule has 0 saturated heterocycles. The van der Waals surface area contributed by atoms with Gasteiger partial charge in [-0.05, 0) is 19.2 Å². The van der Waals surface area contributed by atoms with Crippen molar-refractivity contribution in [3.05, 3.63) is 33.9 Å². The van der Waals surface area contributed by atoms with E-state index in [1.54, 1.807) is 7.05 Å². The summed E-state index contributed by atoms with van der Waals surface area (Å²) in [5.41, 5.74) is -0.0927. The summed E-state index contributed by atoms with van der Waals surface area (Å²) in [5.74, 6) is -0.106. The summed E-state index contributed by atoms with van der Waals surface area (Å²) in [6, 6.07) is 3.58. The van der Waals surface area contributed by atoms with Crippen LogP contribution in [-0.2, 0) is 0 Å². The molecule has 1 aromatic rings. The SMILES string of the molecule is CNCC(O)c1cc(O)ccc1[N+](=O)[O-]. The van der Waals surface area contributed by atoms with Crippen molar-refractivity contribution in [2.75, 3.05) is 13.6 Å². The first-order valence-corrected chi connectivity index (χ1v) is 4.36. The van der Waals surface area contributed by atoms with Gasteiger partial charge in [0.1, 0.15) is 5.75 Å². The van der Waals surface area contributed by atoms with E-state index in [1.807, 2.05) is 0 Å². The Balaban J connectivity index is 3.12. The van der Waals surface area contributed by atoms with E-state index in [1.165, 1.54) is 18.2 Å². The highest BCUT2D eigenvalue weighted by atomic mass is 16.6. The van der Waals surface area contributed by atoms with E-state index in [0.29, 0.717) is 0 Å². The summed E-state index contributed by atoms with van der Waals surface area (Å²) in [5, 5.41) is 32.1. The van der Waals surface area contributed by atoms with Gasteiger partial charge in [-0.25, -0.2) is 0 Å². The highest BCUT2D eigenvalue weighted by molar-refractivity contribution is 5.46. The van der Waals surface area contributed by atoms with Crippen LogP contribution < -0.4 is 5.32 Å². The fourth-order valence-electron chi connectivity index (χ4n) is 1.28. The van der Waals surface area contributed by atoms with Crippen LogP contribution in [0.4, 0.5) is 5.69 Å². The quantitative estimate of drug-likeness (QED) is 0.500. The third-order valence-corrected chi connectivity index (χ3v) is 1.96. The maximum Gasteiger partial charge on any atom is 0.275 e. The number of aromatic hydroxyl groups is 1. The first-order valence-electron chi connectivity index (χ1n) is 4.36. The number of nitrogens with one attached hydrogen (secondary N) is 1. The number of rotatable bonds is 4. The third kappa shape index (κ3) is 2.64. The number of hydrogen-bond donors (Lipinski definition) is 3. The lowest BCUT2D eigenvalue weighted by Gasteiger charge is -2.10. The summed E-state index contributed by atoms with van der Waals surface area (Å²) in [6.07, 6.45) is -1.01. The number of nitro benzene ring substituents is 1. The van der Waals surface area contributed by atoms with E-state index in [4.69, 9.17) is 0 Å². The Bertz CT molecular complexity index is 367. The highest BCUT2D eigenvalue weighted by Gasteiger charge is 2.20. The number of hydrogen-bond acceptors (Lipinski definition) is 5. The molecule has 0 aliphatic heterocycles. The maximum atomic E-state index is 10.6. The Labute approximate surface area is 86.3 Å². The summed E-state index contributed by atoms with van der Waals surface area (Å²) in [6.45, 7) is 0.185. The third-order valence-electron chi connectivity index (χ3n) is 1.96. The Kier molecular flexibility index (Phi) is 3.59. The van der Waals surface area contributed by atoms with Crippen LogP contribution >= 0.6 is 0 Å².